The zero-order valence-corrected chi connectivity index (χ0v) is 33.5. The molecule has 0 aliphatic heterocycles. The number of benzene rings is 7. The molecule has 59 heavy (non-hydrogen) atoms. The Hall–Kier alpha value is -6.92. The van der Waals surface area contributed by atoms with Gasteiger partial charge in [0.05, 0.1) is 22.1 Å². The molecule has 0 saturated heterocycles. The van der Waals surface area contributed by atoms with Crippen molar-refractivity contribution < 1.29 is 4.39 Å². The SMILES string of the molecule is CC1(C)CCC(C)(C)c2cc(-c3ccc(-n4c5ccccc5c5ccc6c7ccccc7n(-c7nc(-c8ccccc8)nc(-c8ccc(F)cc8)n7)c6c54)cc3)ccc21. The van der Waals surface area contributed by atoms with E-state index >= 15 is 0 Å². The molecular weight excluding hydrogens is 726 g/mol. The van der Waals surface area contributed by atoms with Crippen LogP contribution in [0.1, 0.15) is 51.7 Å². The van der Waals surface area contributed by atoms with Crippen LogP contribution in [0.5, 0.6) is 0 Å². The topological polar surface area (TPSA) is 48.5 Å². The Morgan fingerprint density at radius 2 is 0.949 bits per heavy atom. The summed E-state index contributed by atoms with van der Waals surface area (Å²) in [6, 6.07) is 54.0. The Morgan fingerprint density at radius 3 is 1.59 bits per heavy atom. The first-order valence-electron chi connectivity index (χ1n) is 20.4. The van der Waals surface area contributed by atoms with Crippen LogP contribution in [0.25, 0.3) is 89.2 Å². The summed E-state index contributed by atoms with van der Waals surface area (Å²) in [6.07, 6.45) is 2.38. The molecule has 11 rings (SSSR count). The van der Waals surface area contributed by atoms with Crippen LogP contribution >= 0.6 is 0 Å². The molecule has 10 aromatic rings. The molecule has 0 atom stereocenters. The highest BCUT2D eigenvalue weighted by Crippen LogP contribution is 2.47. The monoisotopic (exact) mass is 767 g/mol. The van der Waals surface area contributed by atoms with Crippen molar-refractivity contribution in [3.8, 4) is 45.5 Å². The van der Waals surface area contributed by atoms with Crippen molar-refractivity contribution in [3.63, 3.8) is 0 Å². The van der Waals surface area contributed by atoms with E-state index in [-0.39, 0.29) is 16.6 Å². The first-order valence-corrected chi connectivity index (χ1v) is 20.4. The number of aromatic nitrogens is 5. The first kappa shape index (κ1) is 35.3. The van der Waals surface area contributed by atoms with Gasteiger partial charge in [-0.15, -0.1) is 0 Å². The lowest BCUT2D eigenvalue weighted by molar-refractivity contribution is 0.332. The zero-order chi connectivity index (χ0) is 40.0. The normalized spacial score (nSPS) is 14.7. The second-order valence-corrected chi connectivity index (χ2v) is 17.3. The maximum atomic E-state index is 14.2. The quantitative estimate of drug-likeness (QED) is 0.175. The molecule has 6 heteroatoms. The highest BCUT2D eigenvalue weighted by atomic mass is 19.1. The summed E-state index contributed by atoms with van der Waals surface area (Å²) in [6.45, 7) is 9.54. The Morgan fingerprint density at radius 1 is 0.441 bits per heavy atom. The predicted octanol–water partition coefficient (Wildman–Crippen LogP) is 13.6. The van der Waals surface area contributed by atoms with Crippen LogP contribution in [0.4, 0.5) is 4.39 Å². The van der Waals surface area contributed by atoms with Gasteiger partial charge in [-0.05, 0) is 94.5 Å². The van der Waals surface area contributed by atoms with Crippen molar-refractivity contribution >= 4 is 43.6 Å². The van der Waals surface area contributed by atoms with Crippen LogP contribution in [0, 0.1) is 5.82 Å². The van der Waals surface area contributed by atoms with Crippen molar-refractivity contribution in [2.24, 2.45) is 0 Å². The molecule has 0 saturated carbocycles. The van der Waals surface area contributed by atoms with Crippen molar-refractivity contribution in [2.75, 3.05) is 0 Å². The van der Waals surface area contributed by atoms with Crippen LogP contribution < -0.4 is 0 Å². The van der Waals surface area contributed by atoms with Gasteiger partial charge in [0.1, 0.15) is 5.82 Å². The molecule has 0 spiro atoms. The molecule has 5 nitrogen and oxygen atoms in total. The Balaban J connectivity index is 1.17. The summed E-state index contributed by atoms with van der Waals surface area (Å²) in [5.41, 5.74) is 12.5. The van der Waals surface area contributed by atoms with E-state index in [0.29, 0.717) is 23.2 Å². The van der Waals surface area contributed by atoms with Crippen molar-refractivity contribution in [1.82, 2.24) is 24.1 Å². The Labute approximate surface area is 342 Å². The smallest absolute Gasteiger partial charge is 0.238 e. The third-order valence-corrected chi connectivity index (χ3v) is 12.7. The second-order valence-electron chi connectivity index (χ2n) is 17.3. The van der Waals surface area contributed by atoms with Gasteiger partial charge >= 0.3 is 0 Å². The summed E-state index contributed by atoms with van der Waals surface area (Å²) in [5, 5.41) is 4.49. The van der Waals surface area contributed by atoms with Crippen LogP contribution in [-0.4, -0.2) is 24.1 Å². The van der Waals surface area contributed by atoms with Gasteiger partial charge in [0, 0.05) is 38.4 Å². The zero-order valence-electron chi connectivity index (χ0n) is 33.5. The predicted molar refractivity (Wildman–Crippen MR) is 240 cm³/mol. The van der Waals surface area contributed by atoms with E-state index in [9.17, 15) is 4.39 Å². The molecule has 0 amide bonds. The molecule has 1 aliphatic carbocycles. The van der Waals surface area contributed by atoms with Gasteiger partial charge < -0.3 is 4.57 Å². The van der Waals surface area contributed by atoms with Crippen LogP contribution in [0.2, 0.25) is 0 Å². The second kappa shape index (κ2) is 13.0. The van der Waals surface area contributed by atoms with Crippen molar-refractivity contribution in [1.29, 1.82) is 0 Å². The lowest BCUT2D eigenvalue weighted by Crippen LogP contribution is -2.33. The van der Waals surface area contributed by atoms with Gasteiger partial charge in [0.15, 0.2) is 11.6 Å². The van der Waals surface area contributed by atoms with Gasteiger partial charge in [0.2, 0.25) is 5.95 Å². The highest BCUT2D eigenvalue weighted by molar-refractivity contribution is 6.23. The van der Waals surface area contributed by atoms with E-state index in [1.165, 1.54) is 47.2 Å². The fraction of sp³-hybridized carbons (Fsp3) is 0.151. The average molecular weight is 768 g/mol. The maximum absolute atomic E-state index is 14.2. The molecule has 0 radical (unpaired) electrons. The number of para-hydroxylation sites is 2. The van der Waals surface area contributed by atoms with E-state index in [4.69, 9.17) is 15.0 Å². The van der Waals surface area contributed by atoms with Gasteiger partial charge in [-0.25, -0.2) is 9.37 Å². The summed E-state index contributed by atoms with van der Waals surface area (Å²) < 4.78 is 18.8. The summed E-state index contributed by atoms with van der Waals surface area (Å²) in [4.78, 5) is 15.3. The minimum atomic E-state index is -0.312. The number of halogens is 1. The van der Waals surface area contributed by atoms with Crippen molar-refractivity contribution in [2.45, 2.75) is 51.4 Å². The first-order chi connectivity index (χ1) is 28.6. The van der Waals surface area contributed by atoms with E-state index in [2.05, 4.69) is 140 Å². The summed E-state index contributed by atoms with van der Waals surface area (Å²) in [5.74, 6) is 1.19. The van der Waals surface area contributed by atoms with Crippen LogP contribution in [-0.2, 0) is 10.8 Å². The van der Waals surface area contributed by atoms with Gasteiger partial charge in [-0.2, -0.15) is 9.97 Å². The van der Waals surface area contributed by atoms with Gasteiger partial charge in [-0.1, -0.05) is 137 Å². The number of hydrogen-bond acceptors (Lipinski definition) is 3. The van der Waals surface area contributed by atoms with Gasteiger partial charge in [-0.3, -0.25) is 4.57 Å². The standard InChI is InChI=1S/C53H42FN5/c1-52(2)30-31-53(3,4)44-32-36(22-29-43(44)52)33-20-25-38(26-21-33)58-45-16-10-8-14-39(45)41-27-28-42-40-15-9-11-17-46(40)59(48(42)47(41)58)51-56-49(34-12-6-5-7-13-34)55-50(57-51)35-18-23-37(54)24-19-35/h5-29,32H,30-31H2,1-4H3. The maximum Gasteiger partial charge on any atom is 0.238 e. The molecule has 0 bridgehead atoms. The van der Waals surface area contributed by atoms with E-state index in [1.807, 2.05) is 30.3 Å². The summed E-state index contributed by atoms with van der Waals surface area (Å²) in [7, 11) is 0. The Kier molecular flexibility index (Phi) is 7.80. The molecular formula is C53H42FN5. The van der Waals surface area contributed by atoms with Crippen molar-refractivity contribution in [3.05, 3.63) is 175 Å². The molecule has 286 valence electrons. The molecule has 1 aliphatic rings. The molecule has 3 heterocycles. The number of fused-ring (bicyclic) bond motifs is 8. The van der Waals surface area contributed by atoms with E-state index in [0.717, 1.165) is 54.9 Å². The van der Waals surface area contributed by atoms with Crippen LogP contribution in [0.15, 0.2) is 158 Å². The minimum Gasteiger partial charge on any atom is -0.307 e. The third-order valence-electron chi connectivity index (χ3n) is 12.7. The molecule has 0 fully saturated rings. The molecule has 3 aromatic heterocycles. The summed E-state index contributed by atoms with van der Waals surface area (Å²) >= 11 is 0. The van der Waals surface area contributed by atoms with Crippen LogP contribution in [0.3, 0.4) is 0 Å². The molecule has 0 unspecified atom stereocenters. The van der Waals surface area contributed by atoms with Gasteiger partial charge in [0.25, 0.3) is 0 Å². The molecule has 7 aromatic carbocycles. The highest BCUT2D eigenvalue weighted by Gasteiger charge is 2.37. The fourth-order valence-electron chi connectivity index (χ4n) is 9.46. The molecule has 0 N–H and O–H groups in total. The lowest BCUT2D eigenvalue weighted by Gasteiger charge is -2.42. The average Bonchev–Trinajstić information content (AvgIpc) is 3.79. The number of nitrogens with zero attached hydrogens (tertiary/aromatic N) is 5. The fourth-order valence-corrected chi connectivity index (χ4v) is 9.46. The minimum absolute atomic E-state index is 0.133. The van der Waals surface area contributed by atoms with E-state index < -0.39 is 0 Å². The number of rotatable bonds is 5. The van der Waals surface area contributed by atoms with E-state index in [1.54, 1.807) is 12.1 Å². The largest absolute Gasteiger partial charge is 0.307 e. The number of hydrogen-bond donors (Lipinski definition) is 0. The third kappa shape index (κ3) is 5.61. The Bertz CT molecular complexity index is 3260. The lowest BCUT2D eigenvalue weighted by atomic mass is 9.63.